The average Bonchev–Trinajstić information content (AvgIpc) is 2.47. The van der Waals surface area contributed by atoms with Crippen molar-refractivity contribution < 1.29 is 19.4 Å². The van der Waals surface area contributed by atoms with Gasteiger partial charge in [0, 0.05) is 0 Å². The Morgan fingerprint density at radius 3 is 1.64 bits per heavy atom. The van der Waals surface area contributed by atoms with E-state index in [0.717, 1.165) is 0 Å². The van der Waals surface area contributed by atoms with Crippen molar-refractivity contribution in [2.75, 3.05) is 0 Å². The lowest BCUT2D eigenvalue weighted by Crippen LogP contribution is -2.25. The highest BCUT2D eigenvalue weighted by Gasteiger charge is 2.17. The molecule has 136 valence electrons. The van der Waals surface area contributed by atoms with E-state index in [1.165, 1.54) is 5.57 Å². The van der Waals surface area contributed by atoms with Gasteiger partial charge in [0.15, 0.2) is 0 Å². The van der Waals surface area contributed by atoms with Crippen LogP contribution in [0.3, 0.4) is 0 Å². The number of carbonyl (C=O) groups excluding carboxylic acids is 1. The number of para-hydroxylation sites is 2. The fourth-order valence-electron chi connectivity index (χ4n) is 1.28. The molecule has 0 fully saturated rings. The fourth-order valence-corrected chi connectivity index (χ4v) is 1.28. The molecule has 0 saturated carbocycles. The second-order valence-electron chi connectivity index (χ2n) is 6.42. The quantitative estimate of drug-likeness (QED) is 0.393. The van der Waals surface area contributed by atoms with Crippen molar-refractivity contribution in [3.05, 3.63) is 72.8 Å². The minimum absolute atomic E-state index is 0.322. The van der Waals surface area contributed by atoms with Gasteiger partial charge in [-0.25, -0.2) is 4.79 Å². The summed E-state index contributed by atoms with van der Waals surface area (Å²) in [5.41, 5.74) is 0.645. The van der Waals surface area contributed by atoms with Crippen molar-refractivity contribution in [3.8, 4) is 11.5 Å². The summed E-state index contributed by atoms with van der Waals surface area (Å²) in [7, 11) is 0. The summed E-state index contributed by atoms with van der Waals surface area (Å²) in [6.45, 7) is 12.9. The number of ether oxygens (including phenoxy) is 2. The van der Waals surface area contributed by atoms with Crippen molar-refractivity contribution in [1.82, 2.24) is 0 Å². The summed E-state index contributed by atoms with van der Waals surface area (Å²) in [4.78, 5) is 11.2. The van der Waals surface area contributed by atoms with E-state index in [-0.39, 0.29) is 0 Å². The second-order valence-corrected chi connectivity index (χ2v) is 6.42. The van der Waals surface area contributed by atoms with E-state index in [1.54, 1.807) is 69.3 Å². The minimum atomic E-state index is -0.677. The Bertz CT molecular complexity index is 609. The Kier molecular flexibility index (Phi) is 10.4. The largest absolute Gasteiger partial charge is 0.514 e. The second kappa shape index (κ2) is 11.7. The van der Waals surface area contributed by atoms with Gasteiger partial charge in [-0.2, -0.15) is 0 Å². The molecule has 0 aliphatic heterocycles. The standard InChI is InChI=1S/C11H14O3.C6H6O.C4H8/c1-11(2,3)14-10(12)13-9-7-5-4-6-8-9;7-6-4-2-1-3-5-6;1-4(2)3/h4-8H,1-3H3;1-5,7H;1H2,2-3H3. The van der Waals surface area contributed by atoms with Gasteiger partial charge in [0.1, 0.15) is 17.1 Å². The number of carbonyl (C=O) groups is 1. The fraction of sp³-hybridized carbons (Fsp3) is 0.286. The van der Waals surface area contributed by atoms with E-state index in [9.17, 15) is 4.79 Å². The van der Waals surface area contributed by atoms with Gasteiger partial charge >= 0.3 is 6.16 Å². The summed E-state index contributed by atoms with van der Waals surface area (Å²) in [5, 5.41) is 8.63. The molecule has 2 aromatic rings. The van der Waals surface area contributed by atoms with Crippen LogP contribution in [0.1, 0.15) is 34.6 Å². The minimum Gasteiger partial charge on any atom is -0.508 e. The van der Waals surface area contributed by atoms with Gasteiger partial charge in [-0.3, -0.25) is 0 Å². The third-order valence-electron chi connectivity index (χ3n) is 2.09. The van der Waals surface area contributed by atoms with Crippen LogP contribution in [-0.4, -0.2) is 16.9 Å². The van der Waals surface area contributed by atoms with E-state index < -0.39 is 11.8 Å². The topological polar surface area (TPSA) is 55.8 Å². The van der Waals surface area contributed by atoms with Gasteiger partial charge in [-0.15, -0.1) is 6.58 Å². The van der Waals surface area contributed by atoms with E-state index >= 15 is 0 Å². The number of hydrogen-bond acceptors (Lipinski definition) is 4. The van der Waals surface area contributed by atoms with E-state index in [1.807, 2.05) is 26.0 Å². The molecule has 0 aliphatic carbocycles. The zero-order valence-electron chi connectivity index (χ0n) is 15.7. The first-order valence-corrected chi connectivity index (χ1v) is 7.92. The highest BCUT2D eigenvalue weighted by molar-refractivity contribution is 5.64. The van der Waals surface area contributed by atoms with E-state index in [2.05, 4.69) is 6.58 Å². The number of rotatable bonds is 1. The molecule has 0 amide bonds. The molecule has 1 N–H and O–H groups in total. The summed E-state index contributed by atoms with van der Waals surface area (Å²) in [6.07, 6.45) is -0.677. The Balaban J connectivity index is 0.000000433. The smallest absolute Gasteiger partial charge is 0.508 e. The first-order valence-electron chi connectivity index (χ1n) is 7.92. The van der Waals surface area contributed by atoms with Crippen LogP contribution in [-0.2, 0) is 4.74 Å². The van der Waals surface area contributed by atoms with Crippen LogP contribution in [0.2, 0.25) is 0 Å². The molecule has 4 heteroatoms. The maximum atomic E-state index is 11.2. The van der Waals surface area contributed by atoms with Crippen molar-refractivity contribution >= 4 is 6.16 Å². The first kappa shape index (κ1) is 22.2. The molecule has 2 aromatic carbocycles. The number of hydrogen-bond donors (Lipinski definition) is 1. The van der Waals surface area contributed by atoms with Crippen LogP contribution in [0.5, 0.6) is 11.5 Å². The van der Waals surface area contributed by atoms with Gasteiger partial charge in [-0.05, 0) is 58.9 Å². The average molecular weight is 344 g/mol. The Morgan fingerprint density at radius 2 is 1.32 bits per heavy atom. The zero-order valence-corrected chi connectivity index (χ0v) is 15.7. The third kappa shape index (κ3) is 15.9. The summed E-state index contributed by atoms with van der Waals surface area (Å²) in [5.74, 6) is 0.809. The normalized spacial score (nSPS) is 9.48. The molecule has 0 saturated heterocycles. The lowest BCUT2D eigenvalue weighted by atomic mass is 10.2. The predicted molar refractivity (Wildman–Crippen MR) is 102 cm³/mol. The number of benzene rings is 2. The summed E-state index contributed by atoms with van der Waals surface area (Å²) >= 11 is 0. The van der Waals surface area contributed by atoms with Gasteiger partial charge in [0.25, 0.3) is 0 Å². The van der Waals surface area contributed by atoms with Crippen LogP contribution in [0.4, 0.5) is 4.79 Å². The Hall–Kier alpha value is -2.75. The molecule has 0 radical (unpaired) electrons. The van der Waals surface area contributed by atoms with Crippen LogP contribution < -0.4 is 4.74 Å². The van der Waals surface area contributed by atoms with Crippen LogP contribution >= 0.6 is 0 Å². The van der Waals surface area contributed by atoms with Crippen LogP contribution in [0.15, 0.2) is 72.8 Å². The number of phenolic OH excluding ortho intramolecular Hbond substituents is 1. The summed E-state index contributed by atoms with van der Waals surface area (Å²) < 4.78 is 9.91. The molecule has 0 atom stereocenters. The van der Waals surface area contributed by atoms with Crippen molar-refractivity contribution in [2.45, 2.75) is 40.2 Å². The highest BCUT2D eigenvalue weighted by atomic mass is 16.7. The number of aromatic hydroxyl groups is 1. The predicted octanol–water partition coefficient (Wildman–Crippen LogP) is 5.98. The van der Waals surface area contributed by atoms with Crippen molar-refractivity contribution in [2.24, 2.45) is 0 Å². The van der Waals surface area contributed by atoms with Gasteiger partial charge in [-0.1, -0.05) is 42.0 Å². The maximum absolute atomic E-state index is 11.2. The molecular formula is C21H28O4. The highest BCUT2D eigenvalue weighted by Crippen LogP contribution is 2.13. The SMILES string of the molecule is C=C(C)C.CC(C)(C)OC(=O)Oc1ccccc1.Oc1ccccc1. The molecule has 2 rings (SSSR count). The molecule has 0 unspecified atom stereocenters. The summed E-state index contributed by atoms with van der Waals surface area (Å²) in [6, 6.07) is 17.5. The van der Waals surface area contributed by atoms with Crippen LogP contribution in [0.25, 0.3) is 0 Å². The zero-order chi connectivity index (χ0) is 19.3. The van der Waals surface area contributed by atoms with Gasteiger partial charge < -0.3 is 14.6 Å². The molecule has 4 nitrogen and oxygen atoms in total. The van der Waals surface area contributed by atoms with Gasteiger partial charge in [0.2, 0.25) is 0 Å². The molecule has 0 heterocycles. The van der Waals surface area contributed by atoms with Gasteiger partial charge in [0.05, 0.1) is 0 Å². The lowest BCUT2D eigenvalue weighted by molar-refractivity contribution is 0.0206. The first-order chi connectivity index (χ1) is 11.6. The third-order valence-corrected chi connectivity index (χ3v) is 2.09. The monoisotopic (exact) mass is 344 g/mol. The Morgan fingerprint density at radius 1 is 0.920 bits per heavy atom. The van der Waals surface area contributed by atoms with Crippen molar-refractivity contribution in [1.29, 1.82) is 0 Å². The number of allylic oxidation sites excluding steroid dienone is 1. The molecule has 0 bridgehead atoms. The molecular weight excluding hydrogens is 316 g/mol. The number of phenols is 1. The molecule has 0 spiro atoms. The Labute approximate surface area is 150 Å². The molecule has 0 aliphatic rings. The van der Waals surface area contributed by atoms with E-state index in [0.29, 0.717) is 11.5 Å². The molecule has 25 heavy (non-hydrogen) atoms. The van der Waals surface area contributed by atoms with Crippen molar-refractivity contribution in [3.63, 3.8) is 0 Å². The van der Waals surface area contributed by atoms with Crippen LogP contribution in [0, 0.1) is 0 Å². The van der Waals surface area contributed by atoms with E-state index in [4.69, 9.17) is 14.6 Å². The maximum Gasteiger partial charge on any atom is 0.514 e. The molecule has 0 aromatic heterocycles. The lowest BCUT2D eigenvalue weighted by Gasteiger charge is -2.18.